The molecular formula is C15H14ClNO2. The van der Waals surface area contributed by atoms with Crippen LogP contribution in [0.4, 0.5) is 5.69 Å². The van der Waals surface area contributed by atoms with E-state index in [1.165, 1.54) is 0 Å². The van der Waals surface area contributed by atoms with Crippen molar-refractivity contribution < 1.29 is 9.53 Å². The highest BCUT2D eigenvalue weighted by atomic mass is 35.5. The number of carbonyl (C=O) groups excluding carboxylic acids is 1. The number of halogens is 1. The molecule has 3 nitrogen and oxygen atoms in total. The number of hydrogen-bond acceptors (Lipinski definition) is 2. The number of benzene rings is 2. The fourth-order valence-corrected chi connectivity index (χ4v) is 2.02. The van der Waals surface area contributed by atoms with Crippen molar-refractivity contribution in [1.29, 1.82) is 0 Å². The Morgan fingerprint density at radius 3 is 2.63 bits per heavy atom. The number of ether oxygens (including phenoxy) is 1. The molecule has 0 unspecified atom stereocenters. The van der Waals surface area contributed by atoms with Crippen LogP contribution >= 0.6 is 11.6 Å². The number of hydrogen-bond donors (Lipinski definition) is 1. The first-order valence-electron chi connectivity index (χ1n) is 5.82. The smallest absolute Gasteiger partial charge is 0.259 e. The molecule has 0 bridgehead atoms. The van der Waals surface area contributed by atoms with Crippen LogP contribution in [0.3, 0.4) is 0 Å². The second kappa shape index (κ2) is 5.76. The quantitative estimate of drug-likeness (QED) is 0.922. The van der Waals surface area contributed by atoms with Crippen LogP contribution < -0.4 is 10.1 Å². The zero-order chi connectivity index (χ0) is 13.8. The Bertz CT molecular complexity index is 611. The van der Waals surface area contributed by atoms with E-state index in [4.69, 9.17) is 16.3 Å². The molecule has 0 heterocycles. The molecule has 0 radical (unpaired) electrons. The summed E-state index contributed by atoms with van der Waals surface area (Å²) in [7, 11) is 1.54. The second-order valence-electron chi connectivity index (χ2n) is 4.11. The molecule has 0 saturated heterocycles. The fraction of sp³-hybridized carbons (Fsp3) is 0.133. The number of methoxy groups -OCH3 is 1. The number of anilines is 1. The number of aryl methyl sites for hydroxylation is 1. The third-order valence-corrected chi connectivity index (χ3v) is 3.02. The maximum absolute atomic E-state index is 12.2. The molecule has 0 spiro atoms. The van der Waals surface area contributed by atoms with Gasteiger partial charge < -0.3 is 10.1 Å². The van der Waals surface area contributed by atoms with Crippen molar-refractivity contribution >= 4 is 23.2 Å². The van der Waals surface area contributed by atoms with Gasteiger partial charge in [-0.05, 0) is 42.8 Å². The molecule has 0 aliphatic rings. The van der Waals surface area contributed by atoms with E-state index in [9.17, 15) is 4.79 Å². The van der Waals surface area contributed by atoms with Gasteiger partial charge in [-0.3, -0.25) is 4.79 Å². The van der Waals surface area contributed by atoms with E-state index in [0.29, 0.717) is 16.3 Å². The summed E-state index contributed by atoms with van der Waals surface area (Å²) in [4.78, 5) is 12.2. The molecule has 0 aliphatic carbocycles. The average molecular weight is 276 g/mol. The first-order valence-corrected chi connectivity index (χ1v) is 6.20. The van der Waals surface area contributed by atoms with E-state index in [0.717, 1.165) is 11.3 Å². The number of rotatable bonds is 3. The lowest BCUT2D eigenvalue weighted by Crippen LogP contribution is -2.13. The van der Waals surface area contributed by atoms with Crippen LogP contribution in [0.15, 0.2) is 42.5 Å². The van der Waals surface area contributed by atoms with Gasteiger partial charge in [0.2, 0.25) is 0 Å². The van der Waals surface area contributed by atoms with Crippen molar-refractivity contribution in [3.05, 3.63) is 58.6 Å². The Morgan fingerprint density at radius 2 is 1.95 bits per heavy atom. The molecule has 2 aromatic carbocycles. The van der Waals surface area contributed by atoms with Gasteiger partial charge in [-0.2, -0.15) is 0 Å². The molecule has 2 rings (SSSR count). The van der Waals surface area contributed by atoms with Gasteiger partial charge in [0.1, 0.15) is 5.75 Å². The third kappa shape index (κ3) is 3.06. The summed E-state index contributed by atoms with van der Waals surface area (Å²) in [5, 5.41) is 3.50. The van der Waals surface area contributed by atoms with Gasteiger partial charge in [0.05, 0.1) is 12.7 Å². The zero-order valence-electron chi connectivity index (χ0n) is 10.7. The summed E-state index contributed by atoms with van der Waals surface area (Å²) in [5.74, 6) is 0.342. The van der Waals surface area contributed by atoms with Crippen molar-refractivity contribution in [2.75, 3.05) is 12.4 Å². The van der Waals surface area contributed by atoms with Crippen LogP contribution in [-0.4, -0.2) is 13.0 Å². The molecule has 1 N–H and O–H groups in total. The summed E-state index contributed by atoms with van der Waals surface area (Å²) >= 11 is 5.89. The summed E-state index contributed by atoms with van der Waals surface area (Å²) in [6.07, 6.45) is 0. The van der Waals surface area contributed by atoms with E-state index in [2.05, 4.69) is 5.32 Å². The van der Waals surface area contributed by atoms with E-state index in [1.54, 1.807) is 43.5 Å². The van der Waals surface area contributed by atoms with Crippen molar-refractivity contribution in [2.24, 2.45) is 0 Å². The molecule has 98 valence electrons. The van der Waals surface area contributed by atoms with Crippen molar-refractivity contribution in [2.45, 2.75) is 6.92 Å². The van der Waals surface area contributed by atoms with Crippen LogP contribution in [-0.2, 0) is 0 Å². The lowest BCUT2D eigenvalue weighted by molar-refractivity contribution is 0.102. The van der Waals surface area contributed by atoms with Crippen LogP contribution in [0.25, 0.3) is 0 Å². The predicted molar refractivity (Wildman–Crippen MR) is 77.1 cm³/mol. The Morgan fingerprint density at radius 1 is 1.21 bits per heavy atom. The predicted octanol–water partition coefficient (Wildman–Crippen LogP) is 3.91. The van der Waals surface area contributed by atoms with Gasteiger partial charge in [0.15, 0.2) is 0 Å². The van der Waals surface area contributed by atoms with Gasteiger partial charge in [-0.1, -0.05) is 23.7 Å². The monoisotopic (exact) mass is 275 g/mol. The molecule has 0 aliphatic heterocycles. The summed E-state index contributed by atoms with van der Waals surface area (Å²) in [6.45, 7) is 1.89. The molecule has 1 amide bonds. The first kappa shape index (κ1) is 13.4. The van der Waals surface area contributed by atoms with E-state index < -0.39 is 0 Å². The van der Waals surface area contributed by atoms with Crippen molar-refractivity contribution in [3.8, 4) is 5.75 Å². The summed E-state index contributed by atoms with van der Waals surface area (Å²) < 4.78 is 5.17. The van der Waals surface area contributed by atoms with Gasteiger partial charge in [-0.15, -0.1) is 0 Å². The number of para-hydroxylation sites is 1. The molecule has 0 atom stereocenters. The first-order chi connectivity index (χ1) is 9.11. The Hall–Kier alpha value is -2.00. The van der Waals surface area contributed by atoms with E-state index in [1.807, 2.05) is 13.0 Å². The minimum atomic E-state index is -0.206. The molecule has 19 heavy (non-hydrogen) atoms. The van der Waals surface area contributed by atoms with Crippen molar-refractivity contribution in [1.82, 2.24) is 0 Å². The Labute approximate surface area is 117 Å². The van der Waals surface area contributed by atoms with Crippen LogP contribution in [0.1, 0.15) is 15.9 Å². The van der Waals surface area contributed by atoms with Crippen LogP contribution in [0.5, 0.6) is 5.75 Å². The highest BCUT2D eigenvalue weighted by Gasteiger charge is 2.12. The SMILES string of the molecule is COc1ccccc1C(=O)Nc1ccc(Cl)cc1C. The highest BCUT2D eigenvalue weighted by molar-refractivity contribution is 6.30. The summed E-state index contributed by atoms with van der Waals surface area (Å²) in [5.41, 5.74) is 2.15. The topological polar surface area (TPSA) is 38.3 Å². The summed E-state index contributed by atoms with van der Waals surface area (Å²) in [6, 6.07) is 12.4. The fourth-order valence-electron chi connectivity index (χ4n) is 1.79. The van der Waals surface area contributed by atoms with Gasteiger partial charge in [-0.25, -0.2) is 0 Å². The zero-order valence-corrected chi connectivity index (χ0v) is 11.5. The Balaban J connectivity index is 2.26. The molecule has 0 fully saturated rings. The van der Waals surface area contributed by atoms with E-state index in [-0.39, 0.29) is 5.91 Å². The number of nitrogens with one attached hydrogen (secondary N) is 1. The lowest BCUT2D eigenvalue weighted by atomic mass is 10.1. The van der Waals surface area contributed by atoms with Crippen molar-refractivity contribution in [3.63, 3.8) is 0 Å². The average Bonchev–Trinajstić information content (AvgIpc) is 2.41. The van der Waals surface area contributed by atoms with Crippen LogP contribution in [0.2, 0.25) is 5.02 Å². The van der Waals surface area contributed by atoms with Crippen LogP contribution in [0, 0.1) is 6.92 Å². The molecule has 4 heteroatoms. The van der Waals surface area contributed by atoms with E-state index >= 15 is 0 Å². The second-order valence-corrected chi connectivity index (χ2v) is 4.55. The molecule has 0 saturated carbocycles. The highest BCUT2D eigenvalue weighted by Crippen LogP contribution is 2.22. The molecule has 0 aromatic heterocycles. The number of amides is 1. The normalized spacial score (nSPS) is 10.1. The largest absolute Gasteiger partial charge is 0.496 e. The number of carbonyl (C=O) groups is 1. The Kier molecular flexibility index (Phi) is 4.07. The minimum Gasteiger partial charge on any atom is -0.496 e. The lowest BCUT2D eigenvalue weighted by Gasteiger charge is -2.11. The maximum Gasteiger partial charge on any atom is 0.259 e. The molecule has 2 aromatic rings. The third-order valence-electron chi connectivity index (χ3n) is 2.79. The van der Waals surface area contributed by atoms with Gasteiger partial charge >= 0.3 is 0 Å². The molecular weight excluding hydrogens is 262 g/mol. The maximum atomic E-state index is 12.2. The van der Waals surface area contributed by atoms with Gasteiger partial charge in [0, 0.05) is 10.7 Å². The minimum absolute atomic E-state index is 0.206. The van der Waals surface area contributed by atoms with Gasteiger partial charge in [0.25, 0.3) is 5.91 Å². The standard InChI is InChI=1S/C15H14ClNO2/c1-10-9-11(16)7-8-13(10)17-15(18)12-5-3-4-6-14(12)19-2/h3-9H,1-2H3,(H,17,18).